The fourth-order valence-corrected chi connectivity index (χ4v) is 2.21. The molecule has 1 aromatic rings. The first-order valence-corrected chi connectivity index (χ1v) is 6.64. The van der Waals surface area contributed by atoms with Crippen molar-refractivity contribution in [2.75, 3.05) is 26.2 Å². The van der Waals surface area contributed by atoms with Crippen LogP contribution in [0.4, 0.5) is 0 Å². The summed E-state index contributed by atoms with van der Waals surface area (Å²) in [5.41, 5.74) is 7.19. The molecule has 3 heteroatoms. The van der Waals surface area contributed by atoms with Crippen LogP contribution in [0.15, 0.2) is 30.3 Å². The normalized spacial score (nSPS) is 15.1. The quantitative estimate of drug-likeness (QED) is 0.773. The minimum absolute atomic E-state index is 0.0687. The molecule has 1 unspecified atom stereocenters. The van der Waals surface area contributed by atoms with Crippen LogP contribution in [-0.2, 0) is 5.41 Å². The van der Waals surface area contributed by atoms with E-state index < -0.39 is 0 Å². The molecule has 1 rings (SSSR count). The van der Waals surface area contributed by atoms with Crippen LogP contribution < -0.4 is 5.73 Å². The maximum Gasteiger partial charge on any atom is 0.0558 e. The summed E-state index contributed by atoms with van der Waals surface area (Å²) in [4.78, 5) is 2.28. The summed E-state index contributed by atoms with van der Waals surface area (Å²) in [6.45, 7) is 8.84. The van der Waals surface area contributed by atoms with Crippen molar-refractivity contribution in [1.82, 2.24) is 4.90 Å². The average Bonchev–Trinajstić information content (AvgIpc) is 2.39. The summed E-state index contributed by atoms with van der Waals surface area (Å²) in [5, 5.41) is 9.15. The fraction of sp³-hybridized carbons (Fsp3) is 0.600. The van der Waals surface area contributed by atoms with Crippen molar-refractivity contribution in [2.24, 2.45) is 5.73 Å². The highest BCUT2D eigenvalue weighted by atomic mass is 16.3. The lowest BCUT2D eigenvalue weighted by Gasteiger charge is -2.37. The Kier molecular flexibility index (Phi) is 5.79. The molecule has 0 fully saturated rings. The second-order valence-corrected chi connectivity index (χ2v) is 5.42. The van der Waals surface area contributed by atoms with Gasteiger partial charge in [0.2, 0.25) is 0 Å². The van der Waals surface area contributed by atoms with E-state index in [4.69, 9.17) is 10.8 Å². The zero-order valence-electron chi connectivity index (χ0n) is 11.8. The van der Waals surface area contributed by atoms with Gasteiger partial charge in [0.25, 0.3) is 0 Å². The standard InChI is InChI=1S/C15H26N2O/c1-13(2)17(9-10-18)12-15(3,11-16)14-7-5-4-6-8-14/h4-8,13,18H,9-12,16H2,1-3H3. The first-order valence-electron chi connectivity index (χ1n) is 6.64. The van der Waals surface area contributed by atoms with Gasteiger partial charge in [-0.15, -0.1) is 0 Å². The number of benzene rings is 1. The SMILES string of the molecule is CC(C)N(CCO)CC(C)(CN)c1ccccc1. The van der Waals surface area contributed by atoms with Crippen molar-refractivity contribution in [3.63, 3.8) is 0 Å². The predicted octanol–water partition coefficient (Wildman–Crippen LogP) is 1.61. The number of hydrogen-bond acceptors (Lipinski definition) is 3. The van der Waals surface area contributed by atoms with Gasteiger partial charge in [-0.3, -0.25) is 4.90 Å². The minimum atomic E-state index is -0.0687. The highest BCUT2D eigenvalue weighted by molar-refractivity contribution is 5.25. The molecule has 0 saturated heterocycles. The van der Waals surface area contributed by atoms with Gasteiger partial charge in [-0.2, -0.15) is 0 Å². The lowest BCUT2D eigenvalue weighted by atomic mass is 9.81. The Balaban J connectivity index is 2.88. The molecule has 0 heterocycles. The Hall–Kier alpha value is -0.900. The molecule has 0 aliphatic rings. The zero-order chi connectivity index (χ0) is 13.6. The Morgan fingerprint density at radius 3 is 2.33 bits per heavy atom. The third-order valence-electron chi connectivity index (χ3n) is 3.59. The molecule has 0 saturated carbocycles. The molecule has 0 aliphatic heterocycles. The van der Waals surface area contributed by atoms with Gasteiger partial charge < -0.3 is 10.8 Å². The summed E-state index contributed by atoms with van der Waals surface area (Å²) in [6.07, 6.45) is 0. The molecule has 1 atom stereocenters. The van der Waals surface area contributed by atoms with Crippen LogP contribution in [0.25, 0.3) is 0 Å². The third-order valence-corrected chi connectivity index (χ3v) is 3.59. The number of nitrogens with two attached hydrogens (primary N) is 1. The minimum Gasteiger partial charge on any atom is -0.395 e. The Morgan fingerprint density at radius 2 is 1.89 bits per heavy atom. The molecule has 0 spiro atoms. The number of hydrogen-bond donors (Lipinski definition) is 2. The third kappa shape index (κ3) is 3.80. The summed E-state index contributed by atoms with van der Waals surface area (Å²) in [5.74, 6) is 0. The highest BCUT2D eigenvalue weighted by Crippen LogP contribution is 2.24. The number of rotatable bonds is 7. The monoisotopic (exact) mass is 250 g/mol. The Morgan fingerprint density at radius 1 is 1.28 bits per heavy atom. The van der Waals surface area contributed by atoms with Gasteiger partial charge in [-0.05, 0) is 19.4 Å². The van der Waals surface area contributed by atoms with E-state index >= 15 is 0 Å². The predicted molar refractivity (Wildman–Crippen MR) is 76.6 cm³/mol. The van der Waals surface area contributed by atoms with E-state index in [1.807, 2.05) is 6.07 Å². The van der Waals surface area contributed by atoms with Crippen LogP contribution in [-0.4, -0.2) is 42.3 Å². The van der Waals surface area contributed by atoms with Gasteiger partial charge >= 0.3 is 0 Å². The molecular weight excluding hydrogens is 224 g/mol. The first kappa shape index (κ1) is 15.2. The van der Waals surface area contributed by atoms with E-state index in [9.17, 15) is 0 Å². The fourth-order valence-electron chi connectivity index (χ4n) is 2.21. The maximum atomic E-state index is 9.15. The summed E-state index contributed by atoms with van der Waals surface area (Å²) >= 11 is 0. The van der Waals surface area contributed by atoms with Gasteiger partial charge in [-0.1, -0.05) is 37.3 Å². The van der Waals surface area contributed by atoms with Gasteiger partial charge in [0, 0.05) is 31.1 Å². The van der Waals surface area contributed by atoms with Crippen LogP contribution in [0.2, 0.25) is 0 Å². The van der Waals surface area contributed by atoms with Crippen molar-refractivity contribution in [3.8, 4) is 0 Å². The van der Waals surface area contributed by atoms with Crippen LogP contribution in [0, 0.1) is 0 Å². The molecule has 3 nitrogen and oxygen atoms in total. The molecule has 0 radical (unpaired) electrons. The number of nitrogens with zero attached hydrogens (tertiary/aromatic N) is 1. The highest BCUT2D eigenvalue weighted by Gasteiger charge is 2.28. The van der Waals surface area contributed by atoms with Crippen molar-refractivity contribution < 1.29 is 5.11 Å². The van der Waals surface area contributed by atoms with Crippen molar-refractivity contribution >= 4 is 0 Å². The molecule has 1 aromatic carbocycles. The van der Waals surface area contributed by atoms with Gasteiger partial charge in [0.1, 0.15) is 0 Å². The van der Waals surface area contributed by atoms with E-state index in [-0.39, 0.29) is 12.0 Å². The number of aliphatic hydroxyl groups excluding tert-OH is 1. The molecule has 0 bridgehead atoms. The van der Waals surface area contributed by atoms with Crippen LogP contribution in [0.1, 0.15) is 26.3 Å². The van der Waals surface area contributed by atoms with E-state index in [1.165, 1.54) is 5.56 Å². The Bertz CT molecular complexity index is 340. The lowest BCUT2D eigenvalue weighted by Crippen LogP contribution is -2.47. The van der Waals surface area contributed by atoms with Gasteiger partial charge in [0.05, 0.1) is 6.61 Å². The molecule has 102 valence electrons. The summed E-state index contributed by atoms with van der Waals surface area (Å²) in [7, 11) is 0. The van der Waals surface area contributed by atoms with Crippen molar-refractivity contribution in [2.45, 2.75) is 32.2 Å². The lowest BCUT2D eigenvalue weighted by molar-refractivity contribution is 0.138. The molecule has 3 N–H and O–H groups in total. The molecule has 18 heavy (non-hydrogen) atoms. The second kappa shape index (κ2) is 6.88. The van der Waals surface area contributed by atoms with Crippen LogP contribution >= 0.6 is 0 Å². The smallest absolute Gasteiger partial charge is 0.0558 e. The molecule has 0 aromatic heterocycles. The van der Waals surface area contributed by atoms with Crippen molar-refractivity contribution in [1.29, 1.82) is 0 Å². The Labute approximate surface area is 111 Å². The van der Waals surface area contributed by atoms with E-state index in [0.717, 1.165) is 6.54 Å². The van der Waals surface area contributed by atoms with E-state index in [2.05, 4.69) is 49.9 Å². The molecule has 0 amide bonds. The zero-order valence-corrected chi connectivity index (χ0v) is 11.8. The molecular formula is C15H26N2O. The first-order chi connectivity index (χ1) is 8.53. The van der Waals surface area contributed by atoms with Gasteiger partial charge in [0.15, 0.2) is 0 Å². The largest absolute Gasteiger partial charge is 0.395 e. The van der Waals surface area contributed by atoms with Crippen LogP contribution in [0.5, 0.6) is 0 Å². The summed E-state index contributed by atoms with van der Waals surface area (Å²) < 4.78 is 0. The second-order valence-electron chi connectivity index (χ2n) is 5.42. The van der Waals surface area contributed by atoms with E-state index in [1.54, 1.807) is 0 Å². The van der Waals surface area contributed by atoms with E-state index in [0.29, 0.717) is 19.1 Å². The van der Waals surface area contributed by atoms with Crippen LogP contribution in [0.3, 0.4) is 0 Å². The topological polar surface area (TPSA) is 49.5 Å². The van der Waals surface area contributed by atoms with Gasteiger partial charge in [-0.25, -0.2) is 0 Å². The van der Waals surface area contributed by atoms with Crippen molar-refractivity contribution in [3.05, 3.63) is 35.9 Å². The average molecular weight is 250 g/mol. The molecule has 0 aliphatic carbocycles. The maximum absolute atomic E-state index is 9.15. The summed E-state index contributed by atoms with van der Waals surface area (Å²) in [6, 6.07) is 10.8. The number of aliphatic hydroxyl groups is 1.